The highest BCUT2D eigenvalue weighted by molar-refractivity contribution is 5.88. The van der Waals surface area contributed by atoms with Gasteiger partial charge in [-0.3, -0.25) is 4.68 Å². The van der Waals surface area contributed by atoms with Crippen LogP contribution >= 0.6 is 0 Å². The van der Waals surface area contributed by atoms with Crippen LogP contribution in [0.3, 0.4) is 0 Å². The van der Waals surface area contributed by atoms with E-state index in [-0.39, 0.29) is 6.03 Å². The van der Waals surface area contributed by atoms with Gasteiger partial charge in [0.2, 0.25) is 0 Å². The lowest BCUT2D eigenvalue weighted by molar-refractivity contribution is 0.251. The molecule has 2 aromatic rings. The Morgan fingerprint density at radius 3 is 2.62 bits per heavy atom. The van der Waals surface area contributed by atoms with Crippen LogP contribution in [0.1, 0.15) is 48.7 Å². The summed E-state index contributed by atoms with van der Waals surface area (Å²) in [7, 11) is 1.91. The second-order valence-electron chi connectivity index (χ2n) is 6.79. The number of amides is 2. The zero-order valence-corrected chi connectivity index (χ0v) is 13.8. The molecule has 0 bridgehead atoms. The van der Waals surface area contributed by atoms with Crippen molar-refractivity contribution in [2.75, 3.05) is 5.32 Å². The van der Waals surface area contributed by atoms with Crippen molar-refractivity contribution in [1.82, 2.24) is 25.1 Å². The molecule has 2 aliphatic carbocycles. The van der Waals surface area contributed by atoms with Crippen molar-refractivity contribution in [3.8, 4) is 0 Å². The van der Waals surface area contributed by atoms with Crippen molar-refractivity contribution in [3.63, 3.8) is 0 Å². The normalized spacial score (nSPS) is 16.9. The number of carbonyl (C=O) groups is 1. The number of urea groups is 1. The lowest BCUT2D eigenvalue weighted by Crippen LogP contribution is -2.29. The van der Waals surface area contributed by atoms with Crippen LogP contribution in [0.2, 0.25) is 0 Å². The molecule has 2 aromatic heterocycles. The topological polar surface area (TPSA) is 84.7 Å². The summed E-state index contributed by atoms with van der Waals surface area (Å²) in [6.45, 7) is 0.467. The second-order valence-corrected chi connectivity index (χ2v) is 6.79. The van der Waals surface area contributed by atoms with Crippen molar-refractivity contribution >= 4 is 11.7 Å². The van der Waals surface area contributed by atoms with Crippen molar-refractivity contribution in [1.29, 1.82) is 0 Å². The Labute approximate surface area is 140 Å². The molecule has 7 nitrogen and oxygen atoms in total. The van der Waals surface area contributed by atoms with Gasteiger partial charge in [0, 0.05) is 13.5 Å². The van der Waals surface area contributed by atoms with Gasteiger partial charge in [-0.2, -0.15) is 5.10 Å². The maximum absolute atomic E-state index is 12.1. The zero-order valence-electron chi connectivity index (χ0n) is 13.8. The van der Waals surface area contributed by atoms with Crippen LogP contribution in [-0.2, 0) is 20.0 Å². The minimum absolute atomic E-state index is 0.253. The molecule has 0 spiro atoms. The fraction of sp³-hybridized carbons (Fsp3) is 0.529. The molecule has 2 saturated carbocycles. The second kappa shape index (κ2) is 6.22. The minimum Gasteiger partial charge on any atom is -0.332 e. The summed E-state index contributed by atoms with van der Waals surface area (Å²) in [4.78, 5) is 20.7. The Morgan fingerprint density at radius 2 is 1.96 bits per heavy atom. The molecule has 126 valence electrons. The highest BCUT2D eigenvalue weighted by Crippen LogP contribution is 2.41. The van der Waals surface area contributed by atoms with Gasteiger partial charge < -0.3 is 10.6 Å². The van der Waals surface area contributed by atoms with Gasteiger partial charge in [-0.1, -0.05) is 0 Å². The van der Waals surface area contributed by atoms with Gasteiger partial charge in [0.25, 0.3) is 0 Å². The van der Waals surface area contributed by atoms with Crippen molar-refractivity contribution in [2.45, 2.75) is 44.6 Å². The number of nitrogens with one attached hydrogen (secondary N) is 2. The monoisotopic (exact) mass is 326 g/mol. The molecule has 0 aliphatic heterocycles. The maximum Gasteiger partial charge on any atom is 0.319 e. The third-order valence-electron chi connectivity index (χ3n) is 4.66. The van der Waals surface area contributed by atoms with E-state index in [2.05, 4.69) is 25.7 Å². The van der Waals surface area contributed by atoms with E-state index < -0.39 is 0 Å². The van der Waals surface area contributed by atoms with E-state index in [9.17, 15) is 4.79 Å². The Hall–Kier alpha value is -2.44. The fourth-order valence-electron chi connectivity index (χ4n) is 2.88. The summed E-state index contributed by atoms with van der Waals surface area (Å²) in [5.41, 5.74) is 2.94. The quantitative estimate of drug-likeness (QED) is 0.853. The van der Waals surface area contributed by atoms with E-state index in [1.807, 2.05) is 17.9 Å². The van der Waals surface area contributed by atoms with Crippen LogP contribution in [0.5, 0.6) is 0 Å². The summed E-state index contributed by atoms with van der Waals surface area (Å²) >= 11 is 0. The lowest BCUT2D eigenvalue weighted by Gasteiger charge is -2.09. The predicted octanol–water partition coefficient (Wildman–Crippen LogP) is 2.36. The molecule has 7 heteroatoms. The molecule has 2 amide bonds. The number of hydrogen-bond donors (Lipinski definition) is 2. The van der Waals surface area contributed by atoms with Gasteiger partial charge in [0.05, 0.1) is 36.5 Å². The number of carbonyl (C=O) groups excluding carboxylic acids is 1. The van der Waals surface area contributed by atoms with E-state index in [0.717, 1.165) is 23.9 Å². The summed E-state index contributed by atoms with van der Waals surface area (Å²) in [5, 5.41) is 9.97. The molecule has 2 N–H and O–H groups in total. The third-order valence-corrected chi connectivity index (χ3v) is 4.66. The van der Waals surface area contributed by atoms with E-state index in [4.69, 9.17) is 0 Å². The van der Waals surface area contributed by atoms with Crippen LogP contribution in [0, 0.1) is 5.92 Å². The molecule has 2 aliphatic rings. The van der Waals surface area contributed by atoms with Gasteiger partial charge in [0.1, 0.15) is 5.82 Å². The van der Waals surface area contributed by atoms with E-state index in [0.29, 0.717) is 18.2 Å². The molecule has 4 rings (SSSR count). The van der Waals surface area contributed by atoms with Crippen LogP contribution in [-0.4, -0.2) is 25.8 Å². The van der Waals surface area contributed by atoms with Gasteiger partial charge >= 0.3 is 6.03 Å². The number of hydrogen-bond acceptors (Lipinski definition) is 4. The average Bonchev–Trinajstić information content (AvgIpc) is 3.48. The molecule has 0 saturated heterocycles. The smallest absolute Gasteiger partial charge is 0.319 e. The first kappa shape index (κ1) is 15.1. The molecule has 0 radical (unpaired) electrons. The standard InChI is InChI=1S/C17H22N6O/c1-23-15(14(9-21-23)12-4-5-12)10-20-17(24)22-13-7-18-16(19-8-13)6-11-2-3-11/h7-9,11-12H,2-6,10H2,1H3,(H2,20,22,24). The number of aryl methyl sites for hydroxylation is 1. The number of aromatic nitrogens is 4. The van der Waals surface area contributed by atoms with Crippen LogP contribution in [0.25, 0.3) is 0 Å². The van der Waals surface area contributed by atoms with Crippen LogP contribution < -0.4 is 10.6 Å². The zero-order chi connectivity index (χ0) is 16.5. The van der Waals surface area contributed by atoms with Crippen molar-refractivity contribution in [2.24, 2.45) is 13.0 Å². The number of nitrogens with zero attached hydrogens (tertiary/aromatic N) is 4. The maximum atomic E-state index is 12.1. The molecule has 2 heterocycles. The first-order chi connectivity index (χ1) is 11.7. The van der Waals surface area contributed by atoms with Crippen molar-refractivity contribution in [3.05, 3.63) is 35.7 Å². The molecule has 0 atom stereocenters. The van der Waals surface area contributed by atoms with Gasteiger partial charge in [-0.05, 0) is 43.1 Å². The molecule has 0 unspecified atom stereocenters. The lowest BCUT2D eigenvalue weighted by atomic mass is 10.1. The molecule has 24 heavy (non-hydrogen) atoms. The highest BCUT2D eigenvalue weighted by atomic mass is 16.2. The van der Waals surface area contributed by atoms with Gasteiger partial charge in [-0.15, -0.1) is 0 Å². The summed E-state index contributed by atoms with van der Waals surface area (Å²) in [6, 6.07) is -0.253. The SMILES string of the molecule is Cn1ncc(C2CC2)c1CNC(=O)Nc1cnc(CC2CC2)nc1. The Morgan fingerprint density at radius 1 is 1.21 bits per heavy atom. The van der Waals surface area contributed by atoms with Gasteiger partial charge in [-0.25, -0.2) is 14.8 Å². The Kier molecular flexibility index (Phi) is 3.92. The van der Waals surface area contributed by atoms with Crippen molar-refractivity contribution < 1.29 is 4.79 Å². The average molecular weight is 326 g/mol. The van der Waals surface area contributed by atoms with E-state index >= 15 is 0 Å². The molecule has 2 fully saturated rings. The minimum atomic E-state index is -0.253. The first-order valence-electron chi connectivity index (χ1n) is 8.55. The van der Waals surface area contributed by atoms with Crippen LogP contribution in [0.4, 0.5) is 10.5 Å². The summed E-state index contributed by atoms with van der Waals surface area (Å²) in [5.74, 6) is 2.23. The van der Waals surface area contributed by atoms with Crippen LogP contribution in [0.15, 0.2) is 18.6 Å². The largest absolute Gasteiger partial charge is 0.332 e. The summed E-state index contributed by atoms with van der Waals surface area (Å²) < 4.78 is 1.84. The Bertz CT molecular complexity index is 730. The molecular formula is C17H22N6O. The summed E-state index contributed by atoms with van der Waals surface area (Å²) in [6.07, 6.45) is 11.2. The Balaban J connectivity index is 1.31. The fourth-order valence-corrected chi connectivity index (χ4v) is 2.88. The van der Waals surface area contributed by atoms with Gasteiger partial charge in [0.15, 0.2) is 0 Å². The first-order valence-corrected chi connectivity index (χ1v) is 8.55. The third kappa shape index (κ3) is 3.55. The molecule has 0 aromatic carbocycles. The number of anilines is 1. The highest BCUT2D eigenvalue weighted by Gasteiger charge is 2.28. The van der Waals surface area contributed by atoms with E-state index in [1.54, 1.807) is 12.4 Å². The molecular weight excluding hydrogens is 304 g/mol. The number of rotatable bonds is 6. The van der Waals surface area contributed by atoms with E-state index in [1.165, 1.54) is 31.2 Å². The predicted molar refractivity (Wildman–Crippen MR) is 89.5 cm³/mol.